The van der Waals surface area contributed by atoms with Crippen LogP contribution in [0, 0.1) is 29.0 Å². The monoisotopic (exact) mass is 409 g/mol. The third-order valence-electron chi connectivity index (χ3n) is 5.78. The van der Waals surface area contributed by atoms with Gasteiger partial charge in [0.25, 0.3) is 0 Å². The molecule has 0 radical (unpaired) electrons. The molecule has 3 rings (SSSR count). The summed E-state index contributed by atoms with van der Waals surface area (Å²) in [7, 11) is 0. The Morgan fingerprint density at radius 3 is 2.37 bits per heavy atom. The van der Waals surface area contributed by atoms with Crippen LogP contribution in [0.1, 0.15) is 67.8 Å². The fourth-order valence-electron chi connectivity index (χ4n) is 3.90. The van der Waals surface area contributed by atoms with E-state index in [4.69, 9.17) is 14.7 Å². The van der Waals surface area contributed by atoms with Crippen molar-refractivity contribution in [2.24, 2.45) is 11.8 Å². The third-order valence-corrected chi connectivity index (χ3v) is 5.78. The Balaban J connectivity index is 1.46. The highest BCUT2D eigenvalue weighted by molar-refractivity contribution is 5.91. The molecule has 1 aliphatic rings. The standard InChI is InChI=1S/C25H28FNO3/c1-2-3-4-18-5-7-19(8-6-18)17-29-22-12-9-20(10-13-22)25(28)30-23-14-11-21(16-27)24(26)15-23/h9-15,18-19H,2-8,17H2,1H3/t18-,19-. The van der Waals surface area contributed by atoms with Crippen molar-refractivity contribution in [2.45, 2.75) is 51.9 Å². The van der Waals surface area contributed by atoms with Gasteiger partial charge in [-0.05, 0) is 61.1 Å². The number of carbonyl (C=O) groups is 1. The van der Waals surface area contributed by atoms with Crippen molar-refractivity contribution in [1.82, 2.24) is 0 Å². The van der Waals surface area contributed by atoms with Gasteiger partial charge < -0.3 is 9.47 Å². The van der Waals surface area contributed by atoms with Crippen molar-refractivity contribution in [3.05, 3.63) is 59.4 Å². The van der Waals surface area contributed by atoms with Gasteiger partial charge >= 0.3 is 5.97 Å². The zero-order valence-electron chi connectivity index (χ0n) is 17.4. The number of ether oxygens (including phenoxy) is 2. The van der Waals surface area contributed by atoms with Gasteiger partial charge in [-0.1, -0.05) is 39.0 Å². The maximum absolute atomic E-state index is 13.6. The highest BCUT2D eigenvalue weighted by atomic mass is 19.1. The van der Waals surface area contributed by atoms with E-state index in [2.05, 4.69) is 6.92 Å². The number of nitriles is 1. The first kappa shape index (κ1) is 21.8. The molecule has 0 atom stereocenters. The van der Waals surface area contributed by atoms with Gasteiger partial charge in [-0.3, -0.25) is 0 Å². The van der Waals surface area contributed by atoms with E-state index in [0.717, 1.165) is 17.7 Å². The molecule has 158 valence electrons. The van der Waals surface area contributed by atoms with Crippen molar-refractivity contribution in [2.75, 3.05) is 6.61 Å². The average molecular weight is 410 g/mol. The lowest BCUT2D eigenvalue weighted by Gasteiger charge is -2.28. The minimum absolute atomic E-state index is 0.0614. The topological polar surface area (TPSA) is 59.3 Å². The van der Waals surface area contributed by atoms with E-state index in [1.165, 1.54) is 57.1 Å². The Hall–Kier alpha value is -2.87. The molecule has 0 heterocycles. The minimum atomic E-state index is -0.717. The largest absolute Gasteiger partial charge is 0.493 e. The molecule has 0 aromatic heterocycles. The molecule has 4 nitrogen and oxygen atoms in total. The summed E-state index contributed by atoms with van der Waals surface area (Å²) >= 11 is 0. The second kappa shape index (κ2) is 10.8. The molecule has 0 bridgehead atoms. The smallest absolute Gasteiger partial charge is 0.343 e. The number of halogens is 1. The van der Waals surface area contributed by atoms with Crippen LogP contribution in [0.5, 0.6) is 11.5 Å². The van der Waals surface area contributed by atoms with Crippen LogP contribution < -0.4 is 9.47 Å². The molecule has 2 aromatic carbocycles. The lowest BCUT2D eigenvalue weighted by atomic mass is 9.80. The summed E-state index contributed by atoms with van der Waals surface area (Å²) in [6.45, 7) is 2.95. The number of carbonyl (C=O) groups excluding carboxylic acids is 1. The molecule has 0 spiro atoms. The average Bonchev–Trinajstić information content (AvgIpc) is 2.77. The molecule has 30 heavy (non-hydrogen) atoms. The zero-order valence-corrected chi connectivity index (χ0v) is 17.4. The Morgan fingerprint density at radius 2 is 1.73 bits per heavy atom. The summed E-state index contributed by atoms with van der Waals surface area (Å²) in [4.78, 5) is 12.3. The molecule has 1 saturated carbocycles. The fraction of sp³-hybridized carbons (Fsp3) is 0.440. The predicted octanol–water partition coefficient (Wildman–Crippen LogP) is 6.29. The lowest BCUT2D eigenvalue weighted by molar-refractivity contribution is 0.0734. The van der Waals surface area contributed by atoms with Gasteiger partial charge in [0.05, 0.1) is 17.7 Å². The van der Waals surface area contributed by atoms with Crippen LogP contribution in [0.2, 0.25) is 0 Å². The maximum atomic E-state index is 13.6. The number of nitrogens with zero attached hydrogens (tertiary/aromatic N) is 1. The highest BCUT2D eigenvalue weighted by Crippen LogP contribution is 2.32. The van der Waals surface area contributed by atoms with Crippen LogP contribution in [0.3, 0.4) is 0 Å². The Morgan fingerprint density at radius 1 is 1.07 bits per heavy atom. The van der Waals surface area contributed by atoms with Crippen molar-refractivity contribution < 1.29 is 18.7 Å². The molecule has 5 heteroatoms. The van der Waals surface area contributed by atoms with Crippen molar-refractivity contribution in [3.63, 3.8) is 0 Å². The zero-order chi connectivity index (χ0) is 21.3. The number of hydrogen-bond donors (Lipinski definition) is 0. The Bertz CT molecular complexity index is 880. The van der Waals surface area contributed by atoms with E-state index in [9.17, 15) is 9.18 Å². The van der Waals surface area contributed by atoms with Crippen molar-refractivity contribution in [1.29, 1.82) is 5.26 Å². The fourth-order valence-corrected chi connectivity index (χ4v) is 3.90. The number of esters is 1. The van der Waals surface area contributed by atoms with Gasteiger partial charge in [-0.2, -0.15) is 5.26 Å². The molecule has 1 fully saturated rings. The predicted molar refractivity (Wildman–Crippen MR) is 113 cm³/mol. The van der Waals surface area contributed by atoms with Crippen molar-refractivity contribution >= 4 is 5.97 Å². The summed E-state index contributed by atoms with van der Waals surface area (Å²) in [5.41, 5.74) is 0.259. The van der Waals surface area contributed by atoms with Gasteiger partial charge in [0.2, 0.25) is 0 Å². The van der Waals surface area contributed by atoms with E-state index < -0.39 is 11.8 Å². The van der Waals surface area contributed by atoms with E-state index in [-0.39, 0.29) is 11.3 Å². The number of rotatable bonds is 8. The third kappa shape index (κ3) is 6.06. The van der Waals surface area contributed by atoms with Crippen LogP contribution in [0.15, 0.2) is 42.5 Å². The van der Waals surface area contributed by atoms with Gasteiger partial charge in [0.15, 0.2) is 0 Å². The lowest BCUT2D eigenvalue weighted by Crippen LogP contribution is -2.20. The minimum Gasteiger partial charge on any atom is -0.493 e. The number of hydrogen-bond acceptors (Lipinski definition) is 4. The summed E-state index contributed by atoms with van der Waals surface area (Å²) in [6.07, 6.45) is 9.01. The van der Waals surface area contributed by atoms with E-state index >= 15 is 0 Å². The van der Waals surface area contributed by atoms with Gasteiger partial charge in [0.1, 0.15) is 23.4 Å². The van der Waals surface area contributed by atoms with E-state index in [1.807, 2.05) is 0 Å². The molecular formula is C25H28FNO3. The number of unbranched alkanes of at least 4 members (excludes halogenated alkanes) is 1. The first-order chi connectivity index (χ1) is 14.6. The Kier molecular flexibility index (Phi) is 7.84. The molecule has 0 unspecified atom stereocenters. The van der Waals surface area contributed by atoms with E-state index in [1.54, 1.807) is 30.3 Å². The van der Waals surface area contributed by atoms with Crippen LogP contribution in [0.25, 0.3) is 0 Å². The Labute approximate surface area is 177 Å². The van der Waals surface area contributed by atoms with Gasteiger partial charge in [-0.25, -0.2) is 9.18 Å². The van der Waals surface area contributed by atoms with Crippen molar-refractivity contribution in [3.8, 4) is 17.6 Å². The SMILES string of the molecule is CCCC[C@H]1CC[C@H](COc2ccc(C(=O)Oc3ccc(C#N)c(F)c3)cc2)CC1. The summed E-state index contributed by atoms with van der Waals surface area (Å²) in [5, 5.41) is 8.76. The van der Waals surface area contributed by atoms with Crippen LogP contribution in [-0.4, -0.2) is 12.6 Å². The second-order valence-electron chi connectivity index (χ2n) is 8.01. The maximum Gasteiger partial charge on any atom is 0.343 e. The highest BCUT2D eigenvalue weighted by Gasteiger charge is 2.21. The van der Waals surface area contributed by atoms with Gasteiger partial charge in [-0.15, -0.1) is 0 Å². The second-order valence-corrected chi connectivity index (χ2v) is 8.01. The molecule has 0 N–H and O–H groups in total. The molecule has 0 saturated heterocycles. The molecule has 2 aromatic rings. The molecular weight excluding hydrogens is 381 g/mol. The molecule has 0 amide bonds. The van der Waals surface area contributed by atoms with Crippen LogP contribution in [0.4, 0.5) is 4.39 Å². The molecule has 1 aliphatic carbocycles. The quantitative estimate of drug-likeness (QED) is 0.380. The van der Waals surface area contributed by atoms with E-state index in [0.29, 0.717) is 18.1 Å². The first-order valence-electron chi connectivity index (χ1n) is 10.7. The van der Waals surface area contributed by atoms with Crippen LogP contribution in [-0.2, 0) is 0 Å². The summed E-state index contributed by atoms with van der Waals surface area (Å²) in [5.74, 6) is 0.965. The summed E-state index contributed by atoms with van der Waals surface area (Å²) < 4.78 is 24.7. The first-order valence-corrected chi connectivity index (χ1v) is 10.7. The summed E-state index contributed by atoms with van der Waals surface area (Å²) in [6, 6.07) is 12.2. The van der Waals surface area contributed by atoms with Gasteiger partial charge in [0, 0.05) is 6.07 Å². The molecule has 0 aliphatic heterocycles. The normalized spacial score (nSPS) is 18.4. The van der Waals surface area contributed by atoms with Crippen LogP contribution >= 0.6 is 0 Å². The number of benzene rings is 2.